The van der Waals surface area contributed by atoms with Crippen LogP contribution in [0.4, 0.5) is 4.39 Å². The van der Waals surface area contributed by atoms with Crippen molar-refractivity contribution >= 4 is 11.8 Å². The van der Waals surface area contributed by atoms with Gasteiger partial charge in [-0.05, 0) is 17.7 Å². The summed E-state index contributed by atoms with van der Waals surface area (Å²) in [6, 6.07) is 5.43. The van der Waals surface area contributed by atoms with E-state index < -0.39 is 17.2 Å². The lowest BCUT2D eigenvalue weighted by atomic mass is 9.63. The van der Waals surface area contributed by atoms with E-state index in [9.17, 15) is 14.0 Å². The van der Waals surface area contributed by atoms with E-state index in [1.54, 1.807) is 6.07 Å². The maximum absolute atomic E-state index is 12.9. The lowest BCUT2D eigenvalue weighted by Gasteiger charge is -2.36. The summed E-state index contributed by atoms with van der Waals surface area (Å²) < 4.78 is 12.9. The molecular formula is C11H9FO3. The van der Waals surface area contributed by atoms with Crippen LogP contribution in [-0.4, -0.2) is 16.9 Å². The van der Waals surface area contributed by atoms with Gasteiger partial charge in [-0.25, -0.2) is 4.39 Å². The molecule has 1 saturated carbocycles. The smallest absolute Gasteiger partial charge is 0.315 e. The molecule has 0 bridgehead atoms. The zero-order chi connectivity index (χ0) is 11.1. The highest BCUT2D eigenvalue weighted by atomic mass is 19.1. The molecule has 0 aromatic heterocycles. The monoisotopic (exact) mass is 208 g/mol. The van der Waals surface area contributed by atoms with E-state index in [1.807, 2.05) is 0 Å². The second kappa shape index (κ2) is 3.15. The summed E-state index contributed by atoms with van der Waals surface area (Å²) in [5.74, 6) is -1.64. The average Bonchev–Trinajstić information content (AvgIpc) is 2.12. The van der Waals surface area contributed by atoms with Crippen LogP contribution in [0.2, 0.25) is 0 Å². The van der Waals surface area contributed by atoms with Crippen LogP contribution >= 0.6 is 0 Å². The van der Waals surface area contributed by atoms with Crippen LogP contribution in [0.3, 0.4) is 0 Å². The lowest BCUT2D eigenvalue weighted by Crippen LogP contribution is -2.48. The number of aliphatic carboxylic acids is 1. The number of carboxylic acid groups (broad SMARTS) is 1. The fourth-order valence-corrected chi connectivity index (χ4v) is 1.89. The second-order valence-electron chi connectivity index (χ2n) is 3.79. The summed E-state index contributed by atoms with van der Waals surface area (Å²) in [7, 11) is 0. The Morgan fingerprint density at radius 3 is 2.53 bits per heavy atom. The van der Waals surface area contributed by atoms with Gasteiger partial charge in [-0.3, -0.25) is 9.59 Å². The highest BCUT2D eigenvalue weighted by molar-refractivity contribution is 6.01. The number of benzene rings is 1. The first kappa shape index (κ1) is 9.83. The first-order valence-corrected chi connectivity index (χ1v) is 4.56. The summed E-state index contributed by atoms with van der Waals surface area (Å²) >= 11 is 0. The lowest BCUT2D eigenvalue weighted by molar-refractivity contribution is -0.153. The van der Waals surface area contributed by atoms with Crippen LogP contribution < -0.4 is 0 Å². The van der Waals surface area contributed by atoms with E-state index in [-0.39, 0.29) is 18.6 Å². The molecule has 0 heterocycles. The topological polar surface area (TPSA) is 54.4 Å². The number of carboxylic acids is 1. The molecule has 0 unspecified atom stereocenters. The summed E-state index contributed by atoms with van der Waals surface area (Å²) in [5.41, 5.74) is -0.825. The summed E-state index contributed by atoms with van der Waals surface area (Å²) in [4.78, 5) is 22.0. The molecule has 1 aromatic rings. The molecule has 2 rings (SSSR count). The SMILES string of the molecule is O=C1CC(C(=O)O)(c2cccc(F)c2)C1. The number of Topliss-reactive ketones (excluding diaryl/α,β-unsaturated/α-hetero) is 1. The highest BCUT2D eigenvalue weighted by Gasteiger charge is 2.51. The van der Waals surface area contributed by atoms with Gasteiger partial charge in [0.05, 0.1) is 0 Å². The molecule has 0 saturated heterocycles. The first-order valence-electron chi connectivity index (χ1n) is 4.56. The Balaban J connectivity index is 2.43. The number of halogens is 1. The van der Waals surface area contributed by atoms with E-state index in [0.29, 0.717) is 5.56 Å². The molecule has 1 aromatic carbocycles. The van der Waals surface area contributed by atoms with E-state index in [1.165, 1.54) is 18.2 Å². The van der Waals surface area contributed by atoms with E-state index in [2.05, 4.69) is 0 Å². The van der Waals surface area contributed by atoms with Gasteiger partial charge in [0.15, 0.2) is 0 Å². The molecule has 0 spiro atoms. The van der Waals surface area contributed by atoms with Gasteiger partial charge in [-0.1, -0.05) is 12.1 Å². The summed E-state index contributed by atoms with van der Waals surface area (Å²) in [5, 5.41) is 9.07. The van der Waals surface area contributed by atoms with Gasteiger partial charge >= 0.3 is 5.97 Å². The zero-order valence-corrected chi connectivity index (χ0v) is 7.87. The minimum absolute atomic E-state index is 0.0359. The Morgan fingerprint density at radius 1 is 1.40 bits per heavy atom. The first-order chi connectivity index (χ1) is 7.04. The molecule has 78 valence electrons. The Morgan fingerprint density at radius 2 is 2.07 bits per heavy atom. The number of hydrogen-bond donors (Lipinski definition) is 1. The fourth-order valence-electron chi connectivity index (χ4n) is 1.89. The van der Waals surface area contributed by atoms with Crippen molar-refractivity contribution in [3.05, 3.63) is 35.6 Å². The van der Waals surface area contributed by atoms with Crippen LogP contribution in [0, 0.1) is 5.82 Å². The number of hydrogen-bond acceptors (Lipinski definition) is 2. The van der Waals surface area contributed by atoms with Crippen LogP contribution in [0.1, 0.15) is 18.4 Å². The summed E-state index contributed by atoms with van der Waals surface area (Å²) in [6.45, 7) is 0. The maximum atomic E-state index is 12.9. The zero-order valence-electron chi connectivity index (χ0n) is 7.87. The van der Waals surface area contributed by atoms with Gasteiger partial charge < -0.3 is 5.11 Å². The normalized spacial score (nSPS) is 18.3. The molecule has 1 fully saturated rings. The van der Waals surface area contributed by atoms with Crippen molar-refractivity contribution < 1.29 is 19.1 Å². The highest BCUT2D eigenvalue weighted by Crippen LogP contribution is 2.41. The third-order valence-corrected chi connectivity index (χ3v) is 2.78. The predicted octanol–water partition coefficient (Wildman–Crippen LogP) is 1.51. The van der Waals surface area contributed by atoms with Gasteiger partial charge in [0.25, 0.3) is 0 Å². The quantitative estimate of drug-likeness (QED) is 0.801. The second-order valence-corrected chi connectivity index (χ2v) is 3.79. The minimum Gasteiger partial charge on any atom is -0.481 e. The Bertz CT molecular complexity index is 431. The van der Waals surface area contributed by atoms with Crippen LogP contribution in [0.15, 0.2) is 24.3 Å². The Labute approximate surface area is 85.5 Å². The van der Waals surface area contributed by atoms with Gasteiger partial charge in [0.1, 0.15) is 17.0 Å². The van der Waals surface area contributed by atoms with Gasteiger partial charge in [0.2, 0.25) is 0 Å². The molecule has 3 nitrogen and oxygen atoms in total. The molecule has 4 heteroatoms. The van der Waals surface area contributed by atoms with Crippen molar-refractivity contribution in [3.63, 3.8) is 0 Å². The predicted molar refractivity (Wildman–Crippen MR) is 50.0 cm³/mol. The third-order valence-electron chi connectivity index (χ3n) is 2.78. The van der Waals surface area contributed by atoms with Crippen molar-refractivity contribution in [1.29, 1.82) is 0 Å². The molecule has 0 amide bonds. The van der Waals surface area contributed by atoms with E-state index in [4.69, 9.17) is 5.11 Å². The van der Waals surface area contributed by atoms with Crippen molar-refractivity contribution in [1.82, 2.24) is 0 Å². The van der Waals surface area contributed by atoms with Gasteiger partial charge in [0, 0.05) is 12.8 Å². The van der Waals surface area contributed by atoms with Crippen molar-refractivity contribution in [2.75, 3.05) is 0 Å². The third kappa shape index (κ3) is 1.42. The number of rotatable bonds is 2. The maximum Gasteiger partial charge on any atom is 0.315 e. The number of carbonyl (C=O) groups is 2. The average molecular weight is 208 g/mol. The molecule has 0 radical (unpaired) electrons. The molecular weight excluding hydrogens is 199 g/mol. The fraction of sp³-hybridized carbons (Fsp3) is 0.273. The number of carbonyl (C=O) groups excluding carboxylic acids is 1. The van der Waals surface area contributed by atoms with Crippen LogP contribution in [-0.2, 0) is 15.0 Å². The van der Waals surface area contributed by atoms with Gasteiger partial charge in [-0.15, -0.1) is 0 Å². The Kier molecular flexibility index (Phi) is 2.07. The van der Waals surface area contributed by atoms with Crippen molar-refractivity contribution in [2.24, 2.45) is 0 Å². The summed E-state index contributed by atoms with van der Waals surface area (Å²) in [6.07, 6.45) is -0.0719. The largest absolute Gasteiger partial charge is 0.481 e. The van der Waals surface area contributed by atoms with Crippen LogP contribution in [0.5, 0.6) is 0 Å². The van der Waals surface area contributed by atoms with E-state index >= 15 is 0 Å². The standard InChI is InChI=1S/C11H9FO3/c12-8-3-1-2-7(4-8)11(10(14)15)5-9(13)6-11/h1-4H,5-6H2,(H,14,15). The molecule has 1 aliphatic carbocycles. The Hall–Kier alpha value is -1.71. The van der Waals surface area contributed by atoms with Crippen LogP contribution in [0.25, 0.3) is 0 Å². The molecule has 1 N–H and O–H groups in total. The van der Waals surface area contributed by atoms with E-state index in [0.717, 1.165) is 0 Å². The van der Waals surface area contributed by atoms with Crippen molar-refractivity contribution in [2.45, 2.75) is 18.3 Å². The molecule has 1 aliphatic rings. The van der Waals surface area contributed by atoms with Gasteiger partial charge in [-0.2, -0.15) is 0 Å². The molecule has 15 heavy (non-hydrogen) atoms. The van der Waals surface area contributed by atoms with Crippen molar-refractivity contribution in [3.8, 4) is 0 Å². The minimum atomic E-state index is -1.20. The molecule has 0 aliphatic heterocycles. The molecule has 0 atom stereocenters. The number of ketones is 1.